The highest BCUT2D eigenvalue weighted by Gasteiger charge is 1.98. The zero-order valence-electron chi connectivity index (χ0n) is 8.93. The van der Waals surface area contributed by atoms with Gasteiger partial charge in [0.2, 0.25) is 0 Å². The van der Waals surface area contributed by atoms with Crippen molar-refractivity contribution in [2.45, 2.75) is 0 Å². The normalized spacial score (nSPS) is 10.6. The minimum Gasteiger partial charge on any atom is -0.457 e. The van der Waals surface area contributed by atoms with Gasteiger partial charge in [-0.1, -0.05) is 0 Å². The Labute approximate surface area is 104 Å². The van der Waals surface area contributed by atoms with Crippen molar-refractivity contribution in [3.8, 4) is 11.5 Å². The van der Waals surface area contributed by atoms with Crippen molar-refractivity contribution in [3.63, 3.8) is 0 Å². The summed E-state index contributed by atoms with van der Waals surface area (Å²) in [5.41, 5.74) is 7.02. The molecule has 0 radical (unpaired) electrons. The molecule has 3 N–H and O–H groups in total. The first-order chi connectivity index (χ1) is 8.28. The Bertz CT molecular complexity index is 508. The van der Waals surface area contributed by atoms with Crippen molar-refractivity contribution in [2.24, 2.45) is 5.11 Å². The highest BCUT2D eigenvalue weighted by Crippen LogP contribution is 2.24. The van der Waals surface area contributed by atoms with Gasteiger partial charge in [0, 0.05) is 10.8 Å². The van der Waals surface area contributed by atoms with Crippen LogP contribution in [0.2, 0.25) is 0 Å². The second-order valence-corrected chi connectivity index (χ2v) is 3.53. The molecule has 4 nitrogen and oxygen atoms in total. The van der Waals surface area contributed by atoms with Crippen LogP contribution in [0.3, 0.4) is 0 Å². The van der Waals surface area contributed by atoms with E-state index in [1.54, 1.807) is 24.3 Å². The molecule has 0 aliphatic heterocycles. The molecule has 17 heavy (non-hydrogen) atoms. The lowest BCUT2D eigenvalue weighted by Gasteiger charge is -2.05. The average Bonchev–Trinajstić information content (AvgIpc) is 2.35. The topological polar surface area (TPSA) is 61.6 Å². The van der Waals surface area contributed by atoms with E-state index in [9.17, 15) is 0 Å². The number of nitrogen functional groups attached to an aromatic ring is 1. The number of ether oxygens (including phenoxy) is 1. The molecular weight excluding hydrogens is 238 g/mol. The van der Waals surface area contributed by atoms with Crippen molar-refractivity contribution in [2.75, 3.05) is 5.73 Å². The maximum absolute atomic E-state index is 5.62. The highest BCUT2D eigenvalue weighted by atomic mass is 35.5. The molecule has 0 bridgehead atoms. The van der Waals surface area contributed by atoms with Gasteiger partial charge in [-0.3, -0.25) is 0 Å². The molecule has 0 aliphatic carbocycles. The summed E-state index contributed by atoms with van der Waals surface area (Å²) in [7, 11) is 0. The van der Waals surface area contributed by atoms with Crippen LogP contribution in [-0.4, -0.2) is 0 Å². The number of anilines is 1. The Morgan fingerprint density at radius 3 is 2.00 bits per heavy atom. The number of benzene rings is 2. The first-order valence-corrected chi connectivity index (χ1v) is 5.35. The molecule has 2 rings (SSSR count). The van der Waals surface area contributed by atoms with Crippen molar-refractivity contribution in [1.29, 1.82) is 0 Å². The lowest BCUT2D eigenvalue weighted by atomic mass is 10.3. The van der Waals surface area contributed by atoms with Gasteiger partial charge in [0.1, 0.15) is 17.2 Å². The fourth-order valence-corrected chi connectivity index (χ4v) is 1.41. The fraction of sp³-hybridized carbons (Fsp3) is 0. The van der Waals surface area contributed by atoms with Crippen LogP contribution in [0.4, 0.5) is 11.4 Å². The Hall–Kier alpha value is -2.07. The lowest BCUT2D eigenvalue weighted by Crippen LogP contribution is -2.49. The largest absolute Gasteiger partial charge is 0.457 e. The Balaban J connectivity index is 2.11. The van der Waals surface area contributed by atoms with Crippen molar-refractivity contribution >= 4 is 23.2 Å². The molecule has 2 aromatic carbocycles. The number of hydrogen-bond donors (Lipinski definition) is 2. The van der Waals surface area contributed by atoms with Crippen LogP contribution < -0.4 is 15.1 Å². The third kappa shape index (κ3) is 3.19. The van der Waals surface area contributed by atoms with Crippen LogP contribution in [0.25, 0.3) is 0 Å². The van der Waals surface area contributed by atoms with Gasteiger partial charge in [-0.15, -0.1) is 0 Å². The van der Waals surface area contributed by atoms with Gasteiger partial charge in [-0.25, -0.2) is 0 Å². The van der Waals surface area contributed by atoms with Crippen LogP contribution in [0.1, 0.15) is 0 Å². The van der Waals surface area contributed by atoms with Gasteiger partial charge in [0.05, 0.1) is 0 Å². The summed E-state index contributed by atoms with van der Waals surface area (Å²) in [6, 6.07) is 14.4. The molecule has 86 valence electrons. The van der Waals surface area contributed by atoms with Gasteiger partial charge in [0.15, 0.2) is 0 Å². The smallest absolute Gasteiger partial charge is 0.289 e. The van der Waals surface area contributed by atoms with Crippen LogP contribution in [-0.2, 0) is 0 Å². The van der Waals surface area contributed by atoms with Gasteiger partial charge < -0.3 is 10.5 Å². The molecule has 0 saturated heterocycles. The van der Waals surface area contributed by atoms with Crippen molar-refractivity contribution in [3.05, 3.63) is 48.5 Å². The fourth-order valence-electron chi connectivity index (χ4n) is 1.31. The summed E-state index contributed by atoms with van der Waals surface area (Å²) < 4.78 is 7.82. The lowest BCUT2D eigenvalue weighted by molar-refractivity contribution is -0.358. The third-order valence-corrected chi connectivity index (χ3v) is 2.21. The van der Waals surface area contributed by atoms with Crippen LogP contribution in [0.15, 0.2) is 53.6 Å². The van der Waals surface area contributed by atoms with E-state index < -0.39 is 0 Å². The zero-order valence-corrected chi connectivity index (χ0v) is 9.69. The number of nitrogens with one attached hydrogen (secondary N) is 1. The van der Waals surface area contributed by atoms with E-state index in [0.717, 1.165) is 17.2 Å². The van der Waals surface area contributed by atoms with Gasteiger partial charge >= 0.3 is 0 Å². The molecule has 0 unspecified atom stereocenters. The van der Waals surface area contributed by atoms with E-state index in [2.05, 4.69) is 9.75 Å². The average molecular weight is 249 g/mol. The molecule has 0 fully saturated rings. The second kappa shape index (κ2) is 5.32. The molecule has 0 aromatic heterocycles. The Morgan fingerprint density at radius 1 is 0.941 bits per heavy atom. The van der Waals surface area contributed by atoms with E-state index in [1.165, 1.54) is 0 Å². The number of halogens is 1. The third-order valence-electron chi connectivity index (χ3n) is 2.12. The summed E-state index contributed by atoms with van der Waals surface area (Å²) in [5.74, 6) is 1.46. The first kappa shape index (κ1) is 11.4. The standard InChI is InChI=1S/C12H10ClN3O/c13-16-15-10-3-7-12(8-4-10)17-11-5-1-9(14)2-6-11/h1-8H,14H2/p+1. The molecule has 0 saturated carbocycles. The highest BCUT2D eigenvalue weighted by molar-refractivity contribution is 6.02. The van der Waals surface area contributed by atoms with Crippen LogP contribution in [0, 0.1) is 0 Å². The predicted molar refractivity (Wildman–Crippen MR) is 66.3 cm³/mol. The minimum atomic E-state index is 0.708. The molecular formula is C12H11ClN3O+. The first-order valence-electron chi connectivity index (χ1n) is 4.98. The van der Waals surface area contributed by atoms with Crippen LogP contribution in [0.5, 0.6) is 11.5 Å². The summed E-state index contributed by atoms with van der Waals surface area (Å²) in [4.78, 5) is 0. The maximum atomic E-state index is 5.62. The number of nitrogens with two attached hydrogens (primary N) is 1. The SMILES string of the molecule is Nc1ccc(Oc2ccc(N=[NH+]Cl)cc2)cc1. The summed E-state index contributed by atoms with van der Waals surface area (Å²) in [6.45, 7) is 0. The number of hydrogen-bond acceptors (Lipinski definition) is 3. The van der Waals surface area contributed by atoms with Gasteiger partial charge in [-0.05, 0) is 53.2 Å². The molecule has 0 atom stereocenters. The summed E-state index contributed by atoms with van der Waals surface area (Å²) in [6.07, 6.45) is 0. The molecule has 0 heterocycles. The van der Waals surface area contributed by atoms with E-state index in [0.29, 0.717) is 5.69 Å². The van der Waals surface area contributed by atoms with Crippen LogP contribution >= 0.6 is 11.8 Å². The summed E-state index contributed by atoms with van der Waals surface area (Å²) >= 11 is 5.26. The molecule has 2 aromatic rings. The quantitative estimate of drug-likeness (QED) is 0.498. The van der Waals surface area contributed by atoms with Crippen molar-refractivity contribution < 1.29 is 9.37 Å². The molecule has 0 spiro atoms. The van der Waals surface area contributed by atoms with Gasteiger partial charge in [-0.2, -0.15) is 0 Å². The zero-order chi connectivity index (χ0) is 12.1. The Kier molecular flexibility index (Phi) is 3.57. The van der Waals surface area contributed by atoms with E-state index in [4.69, 9.17) is 22.2 Å². The Morgan fingerprint density at radius 2 is 1.47 bits per heavy atom. The monoisotopic (exact) mass is 248 g/mol. The summed E-state index contributed by atoms with van der Waals surface area (Å²) in [5, 5.41) is 3.81. The van der Waals surface area contributed by atoms with E-state index in [-0.39, 0.29) is 0 Å². The van der Waals surface area contributed by atoms with E-state index >= 15 is 0 Å². The molecule has 0 aliphatic rings. The predicted octanol–water partition coefficient (Wildman–Crippen LogP) is 2.38. The number of rotatable bonds is 3. The minimum absolute atomic E-state index is 0.708. The number of nitrogens with zero attached hydrogens (tertiary/aromatic N) is 1. The van der Waals surface area contributed by atoms with Crippen molar-refractivity contribution in [1.82, 2.24) is 0 Å². The second-order valence-electron chi connectivity index (χ2n) is 3.36. The molecule has 0 amide bonds. The van der Waals surface area contributed by atoms with Gasteiger partial charge in [0.25, 0.3) is 11.8 Å². The molecule has 5 heteroatoms. The van der Waals surface area contributed by atoms with E-state index in [1.807, 2.05) is 24.3 Å². The maximum Gasteiger partial charge on any atom is 0.289 e.